The molecule has 140 valence electrons. The molecule has 27 heavy (non-hydrogen) atoms. The molecule has 1 aromatic carbocycles. The van der Waals surface area contributed by atoms with Crippen LogP contribution in [0.1, 0.15) is 28.4 Å². The summed E-state index contributed by atoms with van der Waals surface area (Å²) in [5.41, 5.74) is 7.90. The first-order valence-corrected chi connectivity index (χ1v) is 9.07. The van der Waals surface area contributed by atoms with Crippen LogP contribution < -0.4 is 11.1 Å². The van der Waals surface area contributed by atoms with Crippen molar-refractivity contribution in [1.29, 1.82) is 0 Å². The van der Waals surface area contributed by atoms with Crippen LogP contribution in [0.4, 0.5) is 5.00 Å². The van der Waals surface area contributed by atoms with E-state index in [4.69, 9.17) is 14.9 Å². The molecule has 0 aliphatic heterocycles. The van der Waals surface area contributed by atoms with Gasteiger partial charge in [-0.3, -0.25) is 14.4 Å². The van der Waals surface area contributed by atoms with Crippen LogP contribution in [0.2, 0.25) is 0 Å². The number of rotatable bonds is 6. The second kappa shape index (κ2) is 7.63. The van der Waals surface area contributed by atoms with Crippen LogP contribution in [0.15, 0.2) is 40.3 Å². The maximum atomic E-state index is 12.2. The molecule has 3 rings (SSSR count). The fourth-order valence-electron chi connectivity index (χ4n) is 2.59. The minimum atomic E-state index is -1.03. The normalized spacial score (nSPS) is 11.9. The number of benzene rings is 1. The van der Waals surface area contributed by atoms with Crippen LogP contribution in [0.3, 0.4) is 0 Å². The Morgan fingerprint density at radius 3 is 2.81 bits per heavy atom. The van der Waals surface area contributed by atoms with Crippen LogP contribution in [0.5, 0.6) is 0 Å². The van der Waals surface area contributed by atoms with Gasteiger partial charge in [0.1, 0.15) is 10.6 Å². The highest BCUT2D eigenvalue weighted by Crippen LogP contribution is 2.24. The second-order valence-corrected chi connectivity index (χ2v) is 7.00. The lowest BCUT2D eigenvalue weighted by Crippen LogP contribution is -2.30. The van der Waals surface area contributed by atoms with Gasteiger partial charge in [-0.15, -0.1) is 11.3 Å². The third-order valence-electron chi connectivity index (χ3n) is 3.99. The maximum Gasteiger partial charge on any atom is 0.311 e. The molecule has 0 bridgehead atoms. The number of nitrogens with one attached hydrogen (secondary N) is 1. The Bertz CT molecular complexity index is 1020. The van der Waals surface area contributed by atoms with Gasteiger partial charge in [-0.05, 0) is 36.9 Å². The molecule has 0 saturated carbocycles. The van der Waals surface area contributed by atoms with Crippen molar-refractivity contribution in [1.82, 2.24) is 0 Å². The lowest BCUT2D eigenvalue weighted by molar-refractivity contribution is -0.152. The van der Waals surface area contributed by atoms with Crippen molar-refractivity contribution in [3.05, 3.63) is 52.6 Å². The number of amides is 2. The van der Waals surface area contributed by atoms with Gasteiger partial charge in [-0.1, -0.05) is 12.1 Å². The van der Waals surface area contributed by atoms with Crippen molar-refractivity contribution < 1.29 is 23.5 Å². The quantitative estimate of drug-likeness (QED) is 0.633. The van der Waals surface area contributed by atoms with Gasteiger partial charge in [0.25, 0.3) is 11.8 Å². The minimum Gasteiger partial charge on any atom is -0.464 e. The number of nitrogens with two attached hydrogens (primary N) is 1. The average Bonchev–Trinajstić information content (AvgIpc) is 3.21. The van der Waals surface area contributed by atoms with E-state index in [0.717, 1.165) is 22.3 Å². The standard InChI is InChI=1S/C19H18N2O5S/c1-10-3-4-13-12(9-25-15(13)7-10)8-16(22)26-11(2)18(24)21-19-14(17(20)23)5-6-27-19/h3-7,9,11H,8H2,1-2H3,(H2,20,23)(H,21,24)/t11-/m1/s1. The number of thiophene rings is 1. The first-order valence-electron chi connectivity index (χ1n) is 8.19. The number of ether oxygens (including phenoxy) is 1. The third-order valence-corrected chi connectivity index (χ3v) is 4.82. The minimum absolute atomic E-state index is 0.0147. The van der Waals surface area contributed by atoms with Crippen LogP contribution in [0.25, 0.3) is 11.0 Å². The lowest BCUT2D eigenvalue weighted by Gasteiger charge is -2.13. The van der Waals surface area contributed by atoms with E-state index in [0.29, 0.717) is 16.1 Å². The number of primary amides is 1. The molecule has 0 unspecified atom stereocenters. The van der Waals surface area contributed by atoms with Gasteiger partial charge in [0.05, 0.1) is 18.2 Å². The fraction of sp³-hybridized carbons (Fsp3) is 0.211. The van der Waals surface area contributed by atoms with Crippen LogP contribution >= 0.6 is 11.3 Å². The van der Waals surface area contributed by atoms with Crippen molar-refractivity contribution >= 4 is 45.1 Å². The number of carbonyl (C=O) groups is 3. The highest BCUT2D eigenvalue weighted by Gasteiger charge is 2.21. The SMILES string of the molecule is Cc1ccc2c(CC(=O)O[C@H](C)C(=O)Nc3sccc3C(N)=O)coc2c1. The zero-order chi connectivity index (χ0) is 19.6. The number of esters is 1. The van der Waals surface area contributed by atoms with Gasteiger partial charge in [-0.25, -0.2) is 0 Å². The van der Waals surface area contributed by atoms with E-state index in [2.05, 4.69) is 5.32 Å². The Kier molecular flexibility index (Phi) is 5.27. The molecule has 0 spiro atoms. The van der Waals surface area contributed by atoms with Gasteiger partial charge < -0.3 is 20.2 Å². The molecule has 0 aliphatic carbocycles. The number of anilines is 1. The van der Waals surface area contributed by atoms with Gasteiger partial charge in [-0.2, -0.15) is 0 Å². The molecule has 0 radical (unpaired) electrons. The number of fused-ring (bicyclic) bond motifs is 1. The van der Waals surface area contributed by atoms with E-state index in [1.165, 1.54) is 19.3 Å². The molecule has 7 nitrogen and oxygen atoms in total. The molecule has 2 heterocycles. The lowest BCUT2D eigenvalue weighted by atomic mass is 10.1. The molecule has 1 atom stereocenters. The number of carbonyl (C=O) groups excluding carboxylic acids is 3. The summed E-state index contributed by atoms with van der Waals surface area (Å²) in [7, 11) is 0. The van der Waals surface area contributed by atoms with Crippen molar-refractivity contribution in [2.45, 2.75) is 26.4 Å². The van der Waals surface area contributed by atoms with Crippen molar-refractivity contribution in [3.63, 3.8) is 0 Å². The van der Waals surface area contributed by atoms with E-state index >= 15 is 0 Å². The van der Waals surface area contributed by atoms with E-state index < -0.39 is 23.9 Å². The largest absolute Gasteiger partial charge is 0.464 e. The van der Waals surface area contributed by atoms with E-state index in [1.54, 1.807) is 5.38 Å². The number of aryl methyl sites for hydroxylation is 1. The summed E-state index contributed by atoms with van der Waals surface area (Å²) in [6.07, 6.45) is 0.473. The molecule has 8 heteroatoms. The number of hydrogen-bond donors (Lipinski definition) is 2. The highest BCUT2D eigenvalue weighted by atomic mass is 32.1. The van der Waals surface area contributed by atoms with Crippen molar-refractivity contribution in [2.75, 3.05) is 5.32 Å². The summed E-state index contributed by atoms with van der Waals surface area (Å²) < 4.78 is 10.7. The average molecular weight is 386 g/mol. The Hall–Kier alpha value is -3.13. The molecule has 3 aromatic rings. The van der Waals surface area contributed by atoms with Crippen LogP contribution in [-0.4, -0.2) is 23.9 Å². The van der Waals surface area contributed by atoms with E-state index in [1.807, 2.05) is 25.1 Å². The predicted octanol–water partition coefficient (Wildman–Crippen LogP) is 3.01. The van der Waals surface area contributed by atoms with Gasteiger partial charge >= 0.3 is 5.97 Å². The Morgan fingerprint density at radius 2 is 2.07 bits per heavy atom. The molecular formula is C19H18N2O5S. The molecule has 3 N–H and O–H groups in total. The zero-order valence-electron chi connectivity index (χ0n) is 14.8. The Morgan fingerprint density at radius 1 is 1.30 bits per heavy atom. The molecular weight excluding hydrogens is 368 g/mol. The number of furan rings is 1. The topological polar surface area (TPSA) is 112 Å². The van der Waals surface area contributed by atoms with Gasteiger partial charge in [0, 0.05) is 10.9 Å². The first kappa shape index (κ1) is 18.7. The summed E-state index contributed by atoms with van der Waals surface area (Å²) in [4.78, 5) is 35.7. The molecule has 2 aromatic heterocycles. The maximum absolute atomic E-state index is 12.2. The Balaban J connectivity index is 1.62. The highest BCUT2D eigenvalue weighted by molar-refractivity contribution is 7.14. The second-order valence-electron chi connectivity index (χ2n) is 6.09. The first-order chi connectivity index (χ1) is 12.8. The van der Waals surface area contributed by atoms with Crippen molar-refractivity contribution in [2.24, 2.45) is 5.73 Å². The predicted molar refractivity (Wildman–Crippen MR) is 102 cm³/mol. The number of hydrogen-bond acceptors (Lipinski definition) is 6. The Labute approximate surface area is 159 Å². The molecule has 0 aliphatic rings. The zero-order valence-corrected chi connectivity index (χ0v) is 15.6. The van der Waals surface area contributed by atoms with E-state index in [9.17, 15) is 14.4 Å². The van der Waals surface area contributed by atoms with Crippen molar-refractivity contribution in [3.8, 4) is 0 Å². The van der Waals surface area contributed by atoms with Crippen LogP contribution in [0, 0.1) is 6.92 Å². The van der Waals surface area contributed by atoms with Gasteiger partial charge in [0.2, 0.25) is 0 Å². The molecule has 0 fully saturated rings. The summed E-state index contributed by atoms with van der Waals surface area (Å²) in [6, 6.07) is 7.22. The fourth-order valence-corrected chi connectivity index (χ4v) is 3.38. The molecule has 0 saturated heterocycles. The molecule has 2 amide bonds. The summed E-state index contributed by atoms with van der Waals surface area (Å²) in [6.45, 7) is 3.41. The van der Waals surface area contributed by atoms with Gasteiger partial charge in [0.15, 0.2) is 6.10 Å². The summed E-state index contributed by atoms with van der Waals surface area (Å²) in [5.74, 6) is -1.73. The third kappa shape index (κ3) is 4.17. The monoisotopic (exact) mass is 386 g/mol. The van der Waals surface area contributed by atoms with E-state index in [-0.39, 0.29) is 12.0 Å². The summed E-state index contributed by atoms with van der Waals surface area (Å²) in [5, 5.41) is 5.35. The van der Waals surface area contributed by atoms with Crippen LogP contribution in [-0.2, 0) is 20.7 Å². The smallest absolute Gasteiger partial charge is 0.311 e. The summed E-state index contributed by atoms with van der Waals surface area (Å²) >= 11 is 1.16.